The second kappa shape index (κ2) is 5.58. The van der Waals surface area contributed by atoms with Crippen molar-refractivity contribution in [2.75, 3.05) is 13.5 Å². The van der Waals surface area contributed by atoms with Gasteiger partial charge in [0, 0.05) is 24.3 Å². The van der Waals surface area contributed by atoms with Gasteiger partial charge in [-0.15, -0.1) is 0 Å². The fourth-order valence-electron chi connectivity index (χ4n) is 1.60. The zero-order valence-corrected chi connectivity index (χ0v) is 11.6. The van der Waals surface area contributed by atoms with Crippen molar-refractivity contribution >= 4 is 23.6 Å². The number of hydrogen-bond acceptors (Lipinski definition) is 6. The molecule has 0 saturated carbocycles. The first-order valence-corrected chi connectivity index (χ1v) is 6.15. The molecule has 0 spiro atoms. The number of carbonyl (C=O) groups excluding carboxylic acids is 4. The van der Waals surface area contributed by atoms with Gasteiger partial charge in [-0.05, 0) is 13.8 Å². The maximum Gasteiger partial charge on any atom is 0.255 e. The van der Waals surface area contributed by atoms with E-state index in [1.165, 1.54) is 0 Å². The predicted molar refractivity (Wildman–Crippen MR) is 68.0 cm³/mol. The monoisotopic (exact) mass is 294 g/mol. The zero-order chi connectivity index (χ0) is 15.6. The Morgan fingerprint density at radius 1 is 0.762 bits per heavy atom. The van der Waals surface area contributed by atoms with Crippen molar-refractivity contribution < 1.29 is 28.7 Å². The van der Waals surface area contributed by atoms with Crippen molar-refractivity contribution in [3.8, 4) is 0 Å². The highest BCUT2D eigenvalue weighted by molar-refractivity contribution is 6.13. The lowest BCUT2D eigenvalue weighted by Crippen LogP contribution is -2.42. The normalized spacial score (nSPS) is 18.6. The Bertz CT molecular complexity index is 479. The molecule has 0 atom stereocenters. The molecule has 2 aliphatic rings. The summed E-state index contributed by atoms with van der Waals surface area (Å²) in [5, 5.41) is 0. The molecule has 0 fully saturated rings. The van der Waals surface area contributed by atoms with Crippen molar-refractivity contribution in [1.82, 2.24) is 9.80 Å². The number of ether oxygens (including phenoxy) is 2. The maximum absolute atomic E-state index is 11.3. The Morgan fingerprint density at radius 2 is 1.05 bits per heavy atom. The largest absolute Gasteiger partial charge is 0.330 e. The lowest BCUT2D eigenvalue weighted by Gasteiger charge is -2.29. The molecule has 21 heavy (non-hydrogen) atoms. The van der Waals surface area contributed by atoms with Crippen LogP contribution in [0.2, 0.25) is 0 Å². The summed E-state index contributed by atoms with van der Waals surface area (Å²) in [7, 11) is 0. The smallest absolute Gasteiger partial charge is 0.255 e. The predicted octanol–water partition coefficient (Wildman–Crippen LogP) is -0.479. The molecule has 0 saturated heterocycles. The van der Waals surface area contributed by atoms with Crippen LogP contribution in [0.25, 0.3) is 0 Å². The summed E-state index contributed by atoms with van der Waals surface area (Å²) < 4.78 is 10.7. The van der Waals surface area contributed by atoms with E-state index in [1.807, 2.05) is 0 Å². The van der Waals surface area contributed by atoms with E-state index in [9.17, 15) is 19.2 Å². The summed E-state index contributed by atoms with van der Waals surface area (Å²) in [4.78, 5) is 47.2. The number of hydrogen-bond donors (Lipinski definition) is 0. The van der Waals surface area contributed by atoms with Crippen LogP contribution in [0, 0.1) is 0 Å². The average Bonchev–Trinajstić information content (AvgIpc) is 2.89. The molecule has 0 radical (unpaired) electrons. The molecule has 0 aliphatic carbocycles. The standard InChI is InChI=1S/C13H14N2O6/c1-13(2,20-7-14-9(16)3-4-10(14)17)21-8-15-11(18)5-6-12(15)19/h3-6H,7-8H2,1-2H3. The van der Waals surface area contributed by atoms with Crippen LogP contribution in [-0.2, 0) is 28.7 Å². The van der Waals surface area contributed by atoms with Gasteiger partial charge in [-0.1, -0.05) is 0 Å². The molecule has 4 amide bonds. The topological polar surface area (TPSA) is 93.2 Å². The van der Waals surface area contributed by atoms with Crippen LogP contribution < -0.4 is 0 Å². The first-order chi connectivity index (χ1) is 9.80. The van der Waals surface area contributed by atoms with Crippen LogP contribution >= 0.6 is 0 Å². The third kappa shape index (κ3) is 3.41. The number of imide groups is 2. The van der Waals surface area contributed by atoms with Gasteiger partial charge in [-0.3, -0.25) is 29.0 Å². The molecular formula is C13H14N2O6. The fourth-order valence-corrected chi connectivity index (χ4v) is 1.60. The Labute approximate surface area is 120 Å². The SMILES string of the molecule is CC(C)(OCN1C(=O)C=CC1=O)OCN1C(=O)C=CC1=O. The molecule has 2 heterocycles. The summed E-state index contributed by atoms with van der Waals surface area (Å²) >= 11 is 0. The zero-order valence-electron chi connectivity index (χ0n) is 11.6. The molecule has 2 rings (SSSR count). The van der Waals surface area contributed by atoms with Gasteiger partial charge in [-0.25, -0.2) is 0 Å². The van der Waals surface area contributed by atoms with Crippen LogP contribution in [0.3, 0.4) is 0 Å². The van der Waals surface area contributed by atoms with Gasteiger partial charge in [0.25, 0.3) is 23.6 Å². The molecule has 8 nitrogen and oxygen atoms in total. The minimum absolute atomic E-state index is 0.280. The van der Waals surface area contributed by atoms with Crippen molar-refractivity contribution in [3.05, 3.63) is 24.3 Å². The molecule has 2 aliphatic heterocycles. The molecule has 8 heteroatoms. The van der Waals surface area contributed by atoms with E-state index < -0.39 is 29.4 Å². The number of nitrogens with zero attached hydrogens (tertiary/aromatic N) is 2. The summed E-state index contributed by atoms with van der Waals surface area (Å²) in [5.74, 6) is -3.06. The fraction of sp³-hybridized carbons (Fsp3) is 0.385. The van der Waals surface area contributed by atoms with Crippen LogP contribution in [0.4, 0.5) is 0 Å². The molecule has 0 bridgehead atoms. The second-order valence-electron chi connectivity index (χ2n) is 4.82. The molecule has 0 aromatic heterocycles. The average molecular weight is 294 g/mol. The van der Waals surface area contributed by atoms with Crippen molar-refractivity contribution in [2.24, 2.45) is 0 Å². The quantitative estimate of drug-likeness (QED) is 0.485. The van der Waals surface area contributed by atoms with Gasteiger partial charge in [0.15, 0.2) is 5.79 Å². The van der Waals surface area contributed by atoms with Gasteiger partial charge in [0.2, 0.25) is 0 Å². The van der Waals surface area contributed by atoms with Gasteiger partial charge in [0.05, 0.1) is 0 Å². The molecule has 0 unspecified atom stereocenters. The highest BCUT2D eigenvalue weighted by atomic mass is 16.7. The minimum atomic E-state index is -1.19. The number of rotatable bonds is 6. The summed E-state index contributed by atoms with van der Waals surface area (Å²) in [6, 6.07) is 0. The highest BCUT2D eigenvalue weighted by Gasteiger charge is 2.30. The van der Waals surface area contributed by atoms with Gasteiger partial charge >= 0.3 is 0 Å². The molecule has 0 aromatic rings. The first kappa shape index (κ1) is 15.1. The minimum Gasteiger partial charge on any atom is -0.330 e. The van der Waals surface area contributed by atoms with Crippen LogP contribution in [0.5, 0.6) is 0 Å². The third-order valence-electron chi connectivity index (χ3n) is 2.88. The van der Waals surface area contributed by atoms with E-state index in [1.54, 1.807) is 13.8 Å². The van der Waals surface area contributed by atoms with Gasteiger partial charge in [-0.2, -0.15) is 0 Å². The first-order valence-electron chi connectivity index (χ1n) is 6.15. The summed E-state index contributed by atoms with van der Waals surface area (Å²) in [5.41, 5.74) is 0. The lowest BCUT2D eigenvalue weighted by atomic mass is 10.4. The van der Waals surface area contributed by atoms with E-state index in [0.717, 1.165) is 34.1 Å². The Hall–Kier alpha value is -2.32. The Balaban J connectivity index is 1.82. The van der Waals surface area contributed by atoms with Gasteiger partial charge < -0.3 is 9.47 Å². The van der Waals surface area contributed by atoms with E-state index in [4.69, 9.17) is 9.47 Å². The molecule has 112 valence electrons. The van der Waals surface area contributed by atoms with Crippen molar-refractivity contribution in [2.45, 2.75) is 19.6 Å². The molecule has 0 aromatic carbocycles. The van der Waals surface area contributed by atoms with Crippen LogP contribution in [-0.4, -0.2) is 52.7 Å². The highest BCUT2D eigenvalue weighted by Crippen LogP contribution is 2.15. The van der Waals surface area contributed by atoms with E-state index in [0.29, 0.717) is 0 Å². The molecular weight excluding hydrogens is 280 g/mol. The third-order valence-corrected chi connectivity index (χ3v) is 2.88. The van der Waals surface area contributed by atoms with Crippen molar-refractivity contribution in [1.29, 1.82) is 0 Å². The number of carbonyl (C=O) groups is 4. The summed E-state index contributed by atoms with van der Waals surface area (Å²) in [6.07, 6.45) is 4.58. The summed E-state index contributed by atoms with van der Waals surface area (Å²) in [6.45, 7) is 2.53. The Morgan fingerprint density at radius 3 is 1.33 bits per heavy atom. The Kier molecular flexibility index (Phi) is 4.01. The van der Waals surface area contributed by atoms with E-state index >= 15 is 0 Å². The van der Waals surface area contributed by atoms with Gasteiger partial charge in [0.1, 0.15) is 13.5 Å². The molecule has 0 N–H and O–H groups in total. The van der Waals surface area contributed by atoms with E-state index in [-0.39, 0.29) is 13.5 Å². The van der Waals surface area contributed by atoms with Crippen LogP contribution in [0.1, 0.15) is 13.8 Å². The number of amides is 4. The van der Waals surface area contributed by atoms with E-state index in [2.05, 4.69) is 0 Å². The van der Waals surface area contributed by atoms with Crippen molar-refractivity contribution in [3.63, 3.8) is 0 Å². The lowest BCUT2D eigenvalue weighted by molar-refractivity contribution is -0.241. The maximum atomic E-state index is 11.3. The van der Waals surface area contributed by atoms with Crippen LogP contribution in [0.15, 0.2) is 24.3 Å². The second-order valence-corrected chi connectivity index (χ2v) is 4.82.